The summed E-state index contributed by atoms with van der Waals surface area (Å²) in [5.41, 5.74) is 3.74. The van der Waals surface area contributed by atoms with Gasteiger partial charge in [0.05, 0.1) is 18.1 Å². The van der Waals surface area contributed by atoms with E-state index >= 15 is 0 Å². The molecule has 6 rings (SSSR count). The van der Waals surface area contributed by atoms with Gasteiger partial charge in [0.1, 0.15) is 12.4 Å². The molecular formula is C31H43N5O4. The molecule has 2 fully saturated rings. The molecule has 2 aliphatic carbocycles. The number of amidine groups is 1. The molecule has 2 aliphatic heterocycles. The van der Waals surface area contributed by atoms with Crippen LogP contribution in [0.25, 0.3) is 0 Å². The van der Waals surface area contributed by atoms with Gasteiger partial charge in [0.15, 0.2) is 12.2 Å². The number of nitrogens with zero attached hydrogens (tertiary/aromatic N) is 3. The first-order chi connectivity index (χ1) is 19.5. The summed E-state index contributed by atoms with van der Waals surface area (Å²) in [4.78, 5) is 23.9. The lowest BCUT2D eigenvalue weighted by atomic mass is 9.64. The number of β-amino-alcohol motifs (C(OH)–C–C–N with tert-alkyl or cyclic N) is 1. The fraction of sp³-hybridized carbons (Fsp3) is 0.645. The Morgan fingerprint density at radius 2 is 2.15 bits per heavy atom. The number of fused-ring (bicyclic) bond motifs is 1. The van der Waals surface area contributed by atoms with Gasteiger partial charge in [0.25, 0.3) is 0 Å². The van der Waals surface area contributed by atoms with Gasteiger partial charge in [-0.15, -0.1) is 0 Å². The van der Waals surface area contributed by atoms with E-state index in [4.69, 9.17) is 14.1 Å². The lowest BCUT2D eigenvalue weighted by molar-refractivity contribution is -0.125. The summed E-state index contributed by atoms with van der Waals surface area (Å²) in [6.07, 6.45) is 11.5. The number of carbonyl (C=O) groups is 1. The van der Waals surface area contributed by atoms with E-state index < -0.39 is 6.10 Å². The normalized spacial score (nSPS) is 25.6. The molecular weight excluding hydrogens is 506 g/mol. The first-order valence-corrected chi connectivity index (χ1v) is 15.1. The standard InChI is InChI=1S/C31H43N5O4/c1-20-26-10-12-36(16-23(26)5-8-29(20)39-18-25-15-32-19-40-25)17-24(37)14-34-31(38)22-9-11-33-30(13-22)35-28-7-6-27(28)21-3-2-4-21/h5,8,15,19,21-22,24,27-28,37H,2-4,6-7,9-14,16-18H2,1H3,(H,33,35)(H,34,38)/t22?,24-,27?,28?/m0/s1. The number of nitrogens with one attached hydrogen (secondary N) is 2. The molecule has 0 spiro atoms. The molecule has 4 aliphatic rings. The van der Waals surface area contributed by atoms with Crippen LogP contribution < -0.4 is 15.4 Å². The Balaban J connectivity index is 0.932. The predicted molar refractivity (Wildman–Crippen MR) is 152 cm³/mol. The second-order valence-electron chi connectivity index (χ2n) is 12.2. The minimum atomic E-state index is -0.607. The molecule has 4 atom stereocenters. The minimum Gasteiger partial charge on any atom is -0.485 e. The van der Waals surface area contributed by atoms with Crippen molar-refractivity contribution in [3.05, 3.63) is 47.2 Å². The molecule has 2 aromatic rings. The first kappa shape index (κ1) is 27.3. The van der Waals surface area contributed by atoms with Crippen molar-refractivity contribution < 1.29 is 19.1 Å². The fourth-order valence-corrected chi connectivity index (χ4v) is 6.81. The second kappa shape index (κ2) is 12.3. The van der Waals surface area contributed by atoms with E-state index in [-0.39, 0.29) is 18.4 Å². The van der Waals surface area contributed by atoms with Gasteiger partial charge in [-0.1, -0.05) is 25.3 Å². The molecule has 3 N–H and O–H groups in total. The zero-order chi connectivity index (χ0) is 27.5. The van der Waals surface area contributed by atoms with Gasteiger partial charge in [0, 0.05) is 51.1 Å². The zero-order valence-corrected chi connectivity index (χ0v) is 23.6. The maximum Gasteiger partial charge on any atom is 0.223 e. The van der Waals surface area contributed by atoms with Crippen molar-refractivity contribution in [3.8, 4) is 5.75 Å². The number of hydrogen-bond donors (Lipinski definition) is 3. The number of aliphatic hydroxyl groups is 1. The Hall–Kier alpha value is -2.91. The highest BCUT2D eigenvalue weighted by molar-refractivity contribution is 5.89. The van der Waals surface area contributed by atoms with Gasteiger partial charge >= 0.3 is 0 Å². The number of aliphatic imine (C=N–C) groups is 1. The average Bonchev–Trinajstić information content (AvgIpc) is 3.45. The quantitative estimate of drug-likeness (QED) is 0.417. The Morgan fingerprint density at radius 3 is 2.90 bits per heavy atom. The summed E-state index contributed by atoms with van der Waals surface area (Å²) in [5.74, 6) is 4.24. The van der Waals surface area contributed by atoms with Crippen LogP contribution in [0.1, 0.15) is 67.4 Å². The Labute approximate surface area is 236 Å². The molecule has 1 amide bonds. The molecule has 9 nitrogen and oxygen atoms in total. The van der Waals surface area contributed by atoms with Crippen molar-refractivity contribution in [1.82, 2.24) is 20.5 Å². The summed E-state index contributed by atoms with van der Waals surface area (Å²) >= 11 is 0. The van der Waals surface area contributed by atoms with Crippen molar-refractivity contribution in [2.75, 3.05) is 26.2 Å². The van der Waals surface area contributed by atoms with Crippen molar-refractivity contribution in [1.29, 1.82) is 0 Å². The monoisotopic (exact) mass is 549 g/mol. The minimum absolute atomic E-state index is 0.0369. The SMILES string of the molecule is Cc1c(OCc2cnco2)ccc2c1CCN(C[C@@H](O)CNC(=O)C1CCN=C(NC3CCC3C3CCC3)C1)C2. The molecule has 40 heavy (non-hydrogen) atoms. The molecule has 2 saturated carbocycles. The van der Waals surface area contributed by atoms with Crippen LogP contribution >= 0.6 is 0 Å². The smallest absolute Gasteiger partial charge is 0.223 e. The zero-order valence-electron chi connectivity index (χ0n) is 23.6. The third kappa shape index (κ3) is 6.20. The largest absolute Gasteiger partial charge is 0.485 e. The maximum absolute atomic E-state index is 13.0. The fourth-order valence-electron chi connectivity index (χ4n) is 6.81. The summed E-state index contributed by atoms with van der Waals surface area (Å²) in [6, 6.07) is 4.68. The lowest BCUT2D eigenvalue weighted by Crippen LogP contribution is -2.52. The van der Waals surface area contributed by atoms with Crippen LogP contribution in [-0.4, -0.2) is 65.1 Å². The Kier molecular flexibility index (Phi) is 8.39. The van der Waals surface area contributed by atoms with Crippen molar-refractivity contribution >= 4 is 11.7 Å². The second-order valence-corrected chi connectivity index (χ2v) is 12.2. The van der Waals surface area contributed by atoms with Gasteiger partial charge in [-0.25, -0.2) is 4.98 Å². The van der Waals surface area contributed by atoms with E-state index in [0.29, 0.717) is 37.9 Å². The Bertz CT molecular complexity index is 1190. The molecule has 1 aromatic heterocycles. The number of hydrogen-bond acceptors (Lipinski definition) is 8. The highest BCUT2D eigenvalue weighted by Crippen LogP contribution is 2.44. The van der Waals surface area contributed by atoms with Crippen LogP contribution in [0.2, 0.25) is 0 Å². The van der Waals surface area contributed by atoms with E-state index in [1.54, 1.807) is 6.20 Å². The predicted octanol–water partition coefficient (Wildman–Crippen LogP) is 3.37. The molecule has 3 unspecified atom stereocenters. The van der Waals surface area contributed by atoms with Crippen molar-refractivity contribution in [2.24, 2.45) is 22.7 Å². The highest BCUT2D eigenvalue weighted by Gasteiger charge is 2.40. The van der Waals surface area contributed by atoms with Crippen LogP contribution in [0.4, 0.5) is 0 Å². The topological polar surface area (TPSA) is 112 Å². The highest BCUT2D eigenvalue weighted by atomic mass is 16.5. The number of carbonyl (C=O) groups excluding carboxylic acids is 1. The summed E-state index contributed by atoms with van der Waals surface area (Å²) in [5, 5.41) is 17.5. The van der Waals surface area contributed by atoms with E-state index in [2.05, 4.69) is 33.5 Å². The number of benzene rings is 1. The van der Waals surface area contributed by atoms with Gasteiger partial charge in [-0.2, -0.15) is 0 Å². The molecule has 216 valence electrons. The molecule has 9 heteroatoms. The number of oxazole rings is 1. The molecule has 0 saturated heterocycles. The molecule has 3 heterocycles. The van der Waals surface area contributed by atoms with E-state index in [0.717, 1.165) is 54.9 Å². The van der Waals surface area contributed by atoms with E-state index in [1.807, 2.05) is 6.07 Å². The molecule has 0 bridgehead atoms. The summed E-state index contributed by atoms with van der Waals surface area (Å²) in [6.45, 7) is 5.61. The van der Waals surface area contributed by atoms with Gasteiger partial charge in [-0.3, -0.25) is 14.7 Å². The number of ether oxygens (including phenoxy) is 1. The van der Waals surface area contributed by atoms with Gasteiger partial charge in [0.2, 0.25) is 5.91 Å². The molecule has 0 radical (unpaired) electrons. The number of amides is 1. The van der Waals surface area contributed by atoms with Crippen LogP contribution in [0.3, 0.4) is 0 Å². The number of aromatic nitrogens is 1. The van der Waals surface area contributed by atoms with Gasteiger partial charge < -0.3 is 24.9 Å². The molecule has 1 aromatic carbocycles. The van der Waals surface area contributed by atoms with Crippen LogP contribution in [-0.2, 0) is 24.4 Å². The number of aliphatic hydroxyl groups excluding tert-OH is 1. The van der Waals surface area contributed by atoms with Crippen molar-refractivity contribution in [3.63, 3.8) is 0 Å². The summed E-state index contributed by atoms with van der Waals surface area (Å²) in [7, 11) is 0. The van der Waals surface area contributed by atoms with Crippen molar-refractivity contribution in [2.45, 2.75) is 83.6 Å². The van der Waals surface area contributed by atoms with Crippen LogP contribution in [0.5, 0.6) is 5.75 Å². The van der Waals surface area contributed by atoms with E-state index in [1.165, 1.54) is 49.6 Å². The lowest BCUT2D eigenvalue weighted by Gasteiger charge is -2.46. The van der Waals surface area contributed by atoms with Gasteiger partial charge in [-0.05, 0) is 67.2 Å². The van der Waals surface area contributed by atoms with Crippen LogP contribution in [0, 0.1) is 24.7 Å². The third-order valence-electron chi connectivity index (χ3n) is 9.58. The first-order valence-electron chi connectivity index (χ1n) is 15.1. The maximum atomic E-state index is 13.0. The van der Waals surface area contributed by atoms with E-state index in [9.17, 15) is 9.90 Å². The average molecular weight is 550 g/mol. The number of rotatable bonds is 10. The third-order valence-corrected chi connectivity index (χ3v) is 9.58. The Morgan fingerprint density at radius 1 is 1.25 bits per heavy atom. The summed E-state index contributed by atoms with van der Waals surface area (Å²) < 4.78 is 11.2. The van der Waals surface area contributed by atoms with Crippen LogP contribution in [0.15, 0.2) is 34.1 Å².